The number of hydrogen-bond acceptors (Lipinski definition) is 5. The molecular formula is C34H42ClN3O5S. The first-order valence-corrected chi connectivity index (χ1v) is 17.5. The zero-order valence-corrected chi connectivity index (χ0v) is 27.0. The number of carbonyl (C=O) groups excluding carboxylic acids is 2. The number of nitrogens with zero attached hydrogens (tertiary/aromatic N) is 2. The maximum atomic E-state index is 14.1. The molecule has 0 spiro atoms. The van der Waals surface area contributed by atoms with Crippen molar-refractivity contribution in [1.29, 1.82) is 0 Å². The number of para-hydroxylation sites is 2. The van der Waals surface area contributed by atoms with E-state index < -0.39 is 16.1 Å². The molecule has 1 N–H and O–H groups in total. The van der Waals surface area contributed by atoms with Crippen LogP contribution in [0.3, 0.4) is 0 Å². The quantitative estimate of drug-likeness (QED) is 0.221. The summed E-state index contributed by atoms with van der Waals surface area (Å²) in [6.07, 6.45) is 5.79. The van der Waals surface area contributed by atoms with E-state index in [-0.39, 0.29) is 43.8 Å². The van der Waals surface area contributed by atoms with Gasteiger partial charge in [0.25, 0.3) is 0 Å². The fourth-order valence-corrected chi connectivity index (χ4v) is 6.86. The number of benzene rings is 3. The first kappa shape index (κ1) is 33.3. The molecular weight excluding hydrogens is 598 g/mol. The van der Waals surface area contributed by atoms with Crippen molar-refractivity contribution in [2.45, 2.75) is 70.5 Å². The highest BCUT2D eigenvalue weighted by Crippen LogP contribution is 2.30. The van der Waals surface area contributed by atoms with Gasteiger partial charge in [0, 0.05) is 37.0 Å². The predicted molar refractivity (Wildman–Crippen MR) is 175 cm³/mol. The number of amides is 2. The van der Waals surface area contributed by atoms with E-state index in [0.29, 0.717) is 29.5 Å². The highest BCUT2D eigenvalue weighted by atomic mass is 35.5. The molecule has 1 unspecified atom stereocenters. The minimum Gasteiger partial charge on any atom is -0.492 e. The van der Waals surface area contributed by atoms with Crippen LogP contribution in [0.2, 0.25) is 5.02 Å². The van der Waals surface area contributed by atoms with Crippen LogP contribution in [0.1, 0.15) is 56.6 Å². The van der Waals surface area contributed by atoms with E-state index in [4.69, 9.17) is 16.3 Å². The molecule has 44 heavy (non-hydrogen) atoms. The van der Waals surface area contributed by atoms with Crippen molar-refractivity contribution in [1.82, 2.24) is 10.2 Å². The minimum absolute atomic E-state index is 0.0470. The number of rotatable bonds is 15. The van der Waals surface area contributed by atoms with Gasteiger partial charge in [0.2, 0.25) is 21.8 Å². The lowest BCUT2D eigenvalue weighted by molar-refractivity contribution is -0.141. The third kappa shape index (κ3) is 9.47. The summed E-state index contributed by atoms with van der Waals surface area (Å²) in [7, 11) is -3.66. The molecule has 1 saturated carbocycles. The van der Waals surface area contributed by atoms with E-state index >= 15 is 0 Å². The third-order valence-electron chi connectivity index (χ3n) is 7.80. The largest absolute Gasteiger partial charge is 0.492 e. The Hall–Kier alpha value is -3.56. The molecule has 1 aliphatic rings. The summed E-state index contributed by atoms with van der Waals surface area (Å²) in [5.41, 5.74) is 2.18. The highest BCUT2D eigenvalue weighted by molar-refractivity contribution is 7.92. The van der Waals surface area contributed by atoms with Crippen LogP contribution in [0.4, 0.5) is 5.69 Å². The van der Waals surface area contributed by atoms with Crippen LogP contribution in [0, 0.1) is 0 Å². The molecule has 1 atom stereocenters. The van der Waals surface area contributed by atoms with Crippen LogP contribution in [0.15, 0.2) is 78.9 Å². The van der Waals surface area contributed by atoms with Crippen molar-refractivity contribution in [3.05, 3.63) is 95.0 Å². The number of nitrogens with one attached hydrogen (secondary N) is 1. The molecule has 0 saturated heterocycles. The van der Waals surface area contributed by atoms with Gasteiger partial charge in [-0.15, -0.1) is 0 Å². The van der Waals surface area contributed by atoms with Gasteiger partial charge >= 0.3 is 0 Å². The van der Waals surface area contributed by atoms with Crippen LogP contribution in [0.25, 0.3) is 0 Å². The van der Waals surface area contributed by atoms with Gasteiger partial charge in [-0.3, -0.25) is 13.9 Å². The van der Waals surface area contributed by atoms with Gasteiger partial charge in [0.15, 0.2) is 0 Å². The van der Waals surface area contributed by atoms with Crippen molar-refractivity contribution >= 4 is 39.1 Å². The van der Waals surface area contributed by atoms with Crippen LogP contribution in [-0.2, 0) is 32.6 Å². The molecule has 0 bridgehead atoms. The van der Waals surface area contributed by atoms with E-state index in [1.165, 1.54) is 4.31 Å². The van der Waals surface area contributed by atoms with Crippen molar-refractivity contribution in [2.75, 3.05) is 23.7 Å². The fraction of sp³-hybridized carbons (Fsp3) is 0.412. The Morgan fingerprint density at radius 2 is 1.66 bits per heavy atom. The summed E-state index contributed by atoms with van der Waals surface area (Å²) in [6, 6.07) is 23.3. The molecule has 10 heteroatoms. The van der Waals surface area contributed by atoms with Gasteiger partial charge in [-0.1, -0.05) is 79.0 Å². The van der Waals surface area contributed by atoms with Crippen molar-refractivity contribution in [2.24, 2.45) is 0 Å². The summed E-state index contributed by atoms with van der Waals surface area (Å²) in [5, 5.41) is 3.75. The molecule has 4 rings (SSSR count). The van der Waals surface area contributed by atoms with Gasteiger partial charge in [0.1, 0.15) is 11.8 Å². The van der Waals surface area contributed by atoms with E-state index in [0.717, 1.165) is 43.1 Å². The molecule has 3 aromatic carbocycles. The predicted octanol–water partition coefficient (Wildman–Crippen LogP) is 5.98. The van der Waals surface area contributed by atoms with Crippen LogP contribution < -0.4 is 14.4 Å². The van der Waals surface area contributed by atoms with Crippen molar-refractivity contribution in [3.8, 4) is 5.75 Å². The number of carbonyl (C=O) groups is 2. The lowest BCUT2D eigenvalue weighted by Gasteiger charge is -2.33. The molecule has 236 valence electrons. The standard InChI is InChI=1S/C34H42ClN3O5S/c1-3-43-32-20-10-9-19-30(32)38(44(2,41)42)22-12-21-33(39)37(25-27-15-11-16-28(35)23-27)31(24-26-13-5-4-6-14-26)34(40)36-29-17-7-8-18-29/h4-6,9-11,13-16,19-20,23,29,31H,3,7-8,12,17-18,21-22,24-25H2,1-2H3,(H,36,40). The number of sulfonamides is 1. The Labute approximate surface area is 266 Å². The first-order chi connectivity index (χ1) is 21.2. The van der Waals surface area contributed by atoms with Gasteiger partial charge in [-0.25, -0.2) is 8.42 Å². The highest BCUT2D eigenvalue weighted by Gasteiger charge is 2.32. The van der Waals surface area contributed by atoms with E-state index in [2.05, 4.69) is 5.32 Å². The maximum absolute atomic E-state index is 14.1. The first-order valence-electron chi connectivity index (χ1n) is 15.2. The summed E-state index contributed by atoms with van der Waals surface area (Å²) >= 11 is 6.29. The van der Waals surface area contributed by atoms with Crippen LogP contribution >= 0.6 is 11.6 Å². The molecule has 0 aromatic heterocycles. The Balaban J connectivity index is 1.60. The molecule has 0 radical (unpaired) electrons. The van der Waals surface area contributed by atoms with E-state index in [1.54, 1.807) is 41.3 Å². The zero-order valence-electron chi connectivity index (χ0n) is 25.5. The second-order valence-electron chi connectivity index (χ2n) is 11.2. The zero-order chi connectivity index (χ0) is 31.5. The van der Waals surface area contributed by atoms with Gasteiger partial charge < -0.3 is 15.0 Å². The van der Waals surface area contributed by atoms with Crippen molar-refractivity contribution < 1.29 is 22.7 Å². The molecule has 0 aliphatic heterocycles. The summed E-state index contributed by atoms with van der Waals surface area (Å²) < 4.78 is 32.7. The lowest BCUT2D eigenvalue weighted by atomic mass is 10.0. The summed E-state index contributed by atoms with van der Waals surface area (Å²) in [6.45, 7) is 2.50. The third-order valence-corrected chi connectivity index (χ3v) is 9.22. The molecule has 3 aromatic rings. The number of anilines is 1. The summed E-state index contributed by atoms with van der Waals surface area (Å²) in [4.78, 5) is 29.6. The van der Waals surface area contributed by atoms with Gasteiger partial charge in [-0.2, -0.15) is 0 Å². The van der Waals surface area contributed by atoms with E-state index in [9.17, 15) is 18.0 Å². The fourth-order valence-electron chi connectivity index (χ4n) is 5.68. The Morgan fingerprint density at radius 1 is 0.977 bits per heavy atom. The molecule has 2 amide bonds. The smallest absolute Gasteiger partial charge is 0.243 e. The topological polar surface area (TPSA) is 96.0 Å². The second-order valence-corrected chi connectivity index (χ2v) is 13.5. The lowest BCUT2D eigenvalue weighted by Crippen LogP contribution is -2.52. The summed E-state index contributed by atoms with van der Waals surface area (Å²) in [5.74, 6) is 0.0411. The van der Waals surface area contributed by atoms with Crippen molar-refractivity contribution in [3.63, 3.8) is 0 Å². The molecule has 8 nitrogen and oxygen atoms in total. The number of ether oxygens (including phenoxy) is 1. The maximum Gasteiger partial charge on any atom is 0.243 e. The normalized spacial score (nSPS) is 14.2. The molecule has 1 aliphatic carbocycles. The van der Waals surface area contributed by atoms with Gasteiger partial charge in [0.05, 0.1) is 18.6 Å². The number of hydrogen-bond donors (Lipinski definition) is 1. The average molecular weight is 640 g/mol. The Kier molecular flexibility index (Phi) is 12.1. The molecule has 1 fully saturated rings. The second kappa shape index (κ2) is 16.0. The SMILES string of the molecule is CCOc1ccccc1N(CCCC(=O)N(Cc1cccc(Cl)c1)C(Cc1ccccc1)C(=O)NC1CCCC1)S(C)(=O)=O. The Morgan fingerprint density at radius 3 is 2.34 bits per heavy atom. The molecule has 0 heterocycles. The monoisotopic (exact) mass is 639 g/mol. The number of halogens is 1. The average Bonchev–Trinajstić information content (AvgIpc) is 3.50. The van der Waals surface area contributed by atoms with Gasteiger partial charge in [-0.05, 0) is 61.6 Å². The minimum atomic E-state index is -3.66. The Bertz CT molecular complexity index is 1500. The van der Waals surface area contributed by atoms with Crippen LogP contribution in [-0.4, -0.2) is 56.6 Å². The van der Waals surface area contributed by atoms with E-state index in [1.807, 2.05) is 49.4 Å². The van der Waals surface area contributed by atoms with Crippen LogP contribution in [0.5, 0.6) is 5.75 Å².